The molecule has 1 fully saturated rings. The third-order valence-corrected chi connectivity index (χ3v) is 3.24. The molecule has 0 saturated carbocycles. The molecular formula is C13H16ClNO2. The lowest BCUT2D eigenvalue weighted by molar-refractivity contribution is -0.0108. The molecule has 2 rings (SSSR count). The van der Waals surface area contributed by atoms with Gasteiger partial charge in [-0.25, -0.2) is 0 Å². The zero-order valence-electron chi connectivity index (χ0n) is 9.86. The average Bonchev–Trinajstić information content (AvgIpc) is 2.39. The van der Waals surface area contributed by atoms with Crippen LogP contribution in [0.5, 0.6) is 0 Å². The molecule has 1 aromatic rings. The number of alkyl halides is 1. The van der Waals surface area contributed by atoms with Crippen LogP contribution in [0.3, 0.4) is 0 Å². The van der Waals surface area contributed by atoms with Crippen LogP contribution in [0.25, 0.3) is 0 Å². The van der Waals surface area contributed by atoms with Crippen LogP contribution in [0.4, 0.5) is 0 Å². The van der Waals surface area contributed by atoms with E-state index in [9.17, 15) is 4.79 Å². The normalized spacial score (nSPS) is 20.4. The largest absolute Gasteiger partial charge is 0.373 e. The second kappa shape index (κ2) is 5.52. The Balaban J connectivity index is 2.06. The van der Waals surface area contributed by atoms with E-state index >= 15 is 0 Å². The summed E-state index contributed by atoms with van der Waals surface area (Å²) in [7, 11) is 0. The monoisotopic (exact) mass is 253 g/mol. The van der Waals surface area contributed by atoms with Crippen LogP contribution in [-0.2, 0) is 4.74 Å². The van der Waals surface area contributed by atoms with Crippen LogP contribution in [0, 0.1) is 6.92 Å². The molecule has 17 heavy (non-hydrogen) atoms. The molecule has 0 spiro atoms. The topological polar surface area (TPSA) is 29.5 Å². The lowest BCUT2D eigenvalue weighted by Gasteiger charge is -2.32. The predicted molar refractivity (Wildman–Crippen MR) is 67.5 cm³/mol. The van der Waals surface area contributed by atoms with Gasteiger partial charge in [-0.15, -0.1) is 11.6 Å². The van der Waals surface area contributed by atoms with E-state index in [0.29, 0.717) is 25.6 Å². The van der Waals surface area contributed by atoms with E-state index in [2.05, 4.69) is 0 Å². The van der Waals surface area contributed by atoms with Gasteiger partial charge in [0.1, 0.15) is 0 Å². The number of morpholine rings is 1. The SMILES string of the molecule is Cc1ccc(C(=O)N2CCOC(CCl)C2)cc1. The summed E-state index contributed by atoms with van der Waals surface area (Å²) in [6, 6.07) is 7.63. The summed E-state index contributed by atoms with van der Waals surface area (Å²) in [4.78, 5) is 14.0. The first-order valence-electron chi connectivity index (χ1n) is 5.74. The molecule has 4 heteroatoms. The highest BCUT2D eigenvalue weighted by Crippen LogP contribution is 2.12. The second-order valence-electron chi connectivity index (χ2n) is 4.26. The van der Waals surface area contributed by atoms with Crippen molar-refractivity contribution in [3.8, 4) is 0 Å². The van der Waals surface area contributed by atoms with Crippen molar-refractivity contribution >= 4 is 17.5 Å². The number of rotatable bonds is 2. The number of carbonyl (C=O) groups is 1. The third kappa shape index (κ3) is 2.99. The van der Waals surface area contributed by atoms with Crippen LogP contribution in [0.2, 0.25) is 0 Å². The van der Waals surface area contributed by atoms with Crippen LogP contribution in [-0.4, -0.2) is 42.5 Å². The molecule has 3 nitrogen and oxygen atoms in total. The van der Waals surface area contributed by atoms with E-state index in [0.717, 1.165) is 11.1 Å². The second-order valence-corrected chi connectivity index (χ2v) is 4.57. The molecule has 1 aromatic carbocycles. The minimum Gasteiger partial charge on any atom is -0.373 e. The van der Waals surface area contributed by atoms with E-state index < -0.39 is 0 Å². The molecule has 92 valence electrons. The molecule has 1 unspecified atom stereocenters. The Bertz CT molecular complexity index is 391. The zero-order valence-corrected chi connectivity index (χ0v) is 10.6. The summed E-state index contributed by atoms with van der Waals surface area (Å²) in [6.07, 6.45) is -0.0418. The Morgan fingerprint density at radius 1 is 1.47 bits per heavy atom. The van der Waals surface area contributed by atoms with Crippen LogP contribution < -0.4 is 0 Å². The first kappa shape index (κ1) is 12.4. The standard InChI is InChI=1S/C13H16ClNO2/c1-10-2-4-11(5-3-10)13(16)15-6-7-17-12(8-14)9-15/h2-5,12H,6-9H2,1H3. The van der Waals surface area contributed by atoms with Gasteiger partial charge in [0, 0.05) is 18.7 Å². The number of halogens is 1. The molecule has 0 bridgehead atoms. The lowest BCUT2D eigenvalue weighted by atomic mass is 10.1. The van der Waals surface area contributed by atoms with E-state index in [1.807, 2.05) is 31.2 Å². The van der Waals surface area contributed by atoms with Crippen molar-refractivity contribution in [2.75, 3.05) is 25.6 Å². The highest BCUT2D eigenvalue weighted by molar-refractivity contribution is 6.18. The maximum absolute atomic E-state index is 12.2. The number of benzene rings is 1. The molecule has 0 aliphatic carbocycles. The highest BCUT2D eigenvalue weighted by atomic mass is 35.5. The van der Waals surface area contributed by atoms with Crippen LogP contribution in [0.15, 0.2) is 24.3 Å². The van der Waals surface area contributed by atoms with Crippen LogP contribution in [0.1, 0.15) is 15.9 Å². The molecule has 0 aromatic heterocycles. The minimum atomic E-state index is -0.0418. The fourth-order valence-electron chi connectivity index (χ4n) is 1.88. The average molecular weight is 254 g/mol. The van der Waals surface area contributed by atoms with E-state index in [-0.39, 0.29) is 12.0 Å². The van der Waals surface area contributed by atoms with Crippen molar-refractivity contribution < 1.29 is 9.53 Å². The quantitative estimate of drug-likeness (QED) is 0.756. The smallest absolute Gasteiger partial charge is 0.254 e. The molecule has 0 N–H and O–H groups in total. The molecular weight excluding hydrogens is 238 g/mol. The van der Waals surface area contributed by atoms with Gasteiger partial charge in [0.05, 0.1) is 18.6 Å². The number of carbonyl (C=O) groups excluding carboxylic acids is 1. The number of ether oxygens (including phenoxy) is 1. The summed E-state index contributed by atoms with van der Waals surface area (Å²) in [5.41, 5.74) is 1.88. The van der Waals surface area contributed by atoms with Crippen LogP contribution >= 0.6 is 11.6 Å². The molecule has 1 aliphatic rings. The molecule has 1 saturated heterocycles. The fraction of sp³-hybridized carbons (Fsp3) is 0.462. The van der Waals surface area contributed by atoms with E-state index in [1.165, 1.54) is 0 Å². The maximum atomic E-state index is 12.2. The van der Waals surface area contributed by atoms with Gasteiger partial charge < -0.3 is 9.64 Å². The first-order chi connectivity index (χ1) is 8.20. The zero-order chi connectivity index (χ0) is 12.3. The summed E-state index contributed by atoms with van der Waals surface area (Å²) in [6.45, 7) is 3.79. The van der Waals surface area contributed by atoms with Gasteiger partial charge in [-0.2, -0.15) is 0 Å². The van der Waals surface area contributed by atoms with Gasteiger partial charge in [0.2, 0.25) is 0 Å². The molecule has 1 amide bonds. The Labute approximate surface area is 106 Å². The van der Waals surface area contributed by atoms with E-state index in [4.69, 9.17) is 16.3 Å². The number of amides is 1. The lowest BCUT2D eigenvalue weighted by Crippen LogP contribution is -2.46. The van der Waals surface area contributed by atoms with Gasteiger partial charge in [-0.3, -0.25) is 4.79 Å². The Morgan fingerprint density at radius 2 is 2.18 bits per heavy atom. The molecule has 0 radical (unpaired) electrons. The Morgan fingerprint density at radius 3 is 2.82 bits per heavy atom. The fourth-order valence-corrected chi connectivity index (χ4v) is 2.06. The third-order valence-electron chi connectivity index (χ3n) is 2.90. The summed E-state index contributed by atoms with van der Waals surface area (Å²) in [5, 5.41) is 0. The predicted octanol–water partition coefficient (Wildman–Crippen LogP) is 2.07. The highest BCUT2D eigenvalue weighted by Gasteiger charge is 2.24. The Hall–Kier alpha value is -1.06. The number of hydrogen-bond acceptors (Lipinski definition) is 2. The van der Waals surface area contributed by atoms with Gasteiger partial charge >= 0.3 is 0 Å². The van der Waals surface area contributed by atoms with Gasteiger partial charge in [0.25, 0.3) is 5.91 Å². The number of nitrogens with zero attached hydrogens (tertiary/aromatic N) is 1. The number of hydrogen-bond donors (Lipinski definition) is 0. The van der Waals surface area contributed by atoms with Crippen molar-refractivity contribution in [3.05, 3.63) is 35.4 Å². The van der Waals surface area contributed by atoms with Crippen molar-refractivity contribution in [1.82, 2.24) is 4.90 Å². The van der Waals surface area contributed by atoms with Gasteiger partial charge in [0.15, 0.2) is 0 Å². The van der Waals surface area contributed by atoms with Gasteiger partial charge in [-0.1, -0.05) is 17.7 Å². The summed E-state index contributed by atoms with van der Waals surface area (Å²) < 4.78 is 5.44. The minimum absolute atomic E-state index is 0.0418. The molecule has 1 atom stereocenters. The number of aryl methyl sites for hydroxylation is 1. The summed E-state index contributed by atoms with van der Waals surface area (Å²) in [5.74, 6) is 0.487. The molecule has 1 heterocycles. The summed E-state index contributed by atoms with van der Waals surface area (Å²) >= 11 is 5.75. The van der Waals surface area contributed by atoms with Crippen molar-refractivity contribution in [2.45, 2.75) is 13.0 Å². The van der Waals surface area contributed by atoms with Crippen molar-refractivity contribution in [2.24, 2.45) is 0 Å². The van der Waals surface area contributed by atoms with Crippen molar-refractivity contribution in [3.63, 3.8) is 0 Å². The molecule has 1 aliphatic heterocycles. The van der Waals surface area contributed by atoms with Gasteiger partial charge in [-0.05, 0) is 19.1 Å². The Kier molecular flexibility index (Phi) is 4.02. The van der Waals surface area contributed by atoms with E-state index in [1.54, 1.807) is 4.90 Å². The van der Waals surface area contributed by atoms with Crippen molar-refractivity contribution in [1.29, 1.82) is 0 Å². The maximum Gasteiger partial charge on any atom is 0.254 e. The first-order valence-corrected chi connectivity index (χ1v) is 6.27.